The van der Waals surface area contributed by atoms with E-state index in [-0.39, 0.29) is 0 Å². The van der Waals surface area contributed by atoms with E-state index < -0.39 is 0 Å². The number of hydrogen-bond donors (Lipinski definition) is 1. The second-order valence-electron chi connectivity index (χ2n) is 3.30. The quantitative estimate of drug-likeness (QED) is 0.754. The Balaban J connectivity index is 2.57. The van der Waals surface area contributed by atoms with Gasteiger partial charge in [0.15, 0.2) is 5.82 Å². The van der Waals surface area contributed by atoms with Gasteiger partial charge in [0, 0.05) is 13.6 Å². The fraction of sp³-hybridized carbons (Fsp3) is 0.600. The molecule has 0 saturated carbocycles. The average molecular weight is 194 g/mol. The van der Waals surface area contributed by atoms with Crippen LogP contribution in [0.3, 0.4) is 0 Å². The minimum absolute atomic E-state index is 0.713. The van der Waals surface area contributed by atoms with E-state index in [9.17, 15) is 0 Å². The summed E-state index contributed by atoms with van der Waals surface area (Å²) < 4.78 is 0. The molecule has 1 aromatic rings. The van der Waals surface area contributed by atoms with Crippen LogP contribution in [0.15, 0.2) is 12.1 Å². The van der Waals surface area contributed by atoms with Crippen LogP contribution in [0.25, 0.3) is 0 Å². The van der Waals surface area contributed by atoms with Crippen molar-refractivity contribution in [3.8, 4) is 0 Å². The van der Waals surface area contributed by atoms with Gasteiger partial charge in [-0.1, -0.05) is 6.92 Å². The van der Waals surface area contributed by atoms with Gasteiger partial charge in [-0.15, -0.1) is 5.10 Å². The van der Waals surface area contributed by atoms with Crippen LogP contribution in [-0.4, -0.2) is 30.3 Å². The van der Waals surface area contributed by atoms with E-state index in [1.807, 2.05) is 19.2 Å². The first-order valence-electron chi connectivity index (χ1n) is 5.01. The van der Waals surface area contributed by atoms with E-state index in [2.05, 4.69) is 22.0 Å². The Morgan fingerprint density at radius 1 is 1.36 bits per heavy atom. The SMILES string of the molecule is CCc1ccc(N(C)CCCN)nn1. The number of anilines is 1. The zero-order valence-corrected chi connectivity index (χ0v) is 8.90. The summed E-state index contributed by atoms with van der Waals surface area (Å²) in [6.07, 6.45) is 1.91. The highest BCUT2D eigenvalue weighted by Crippen LogP contribution is 2.07. The first-order chi connectivity index (χ1) is 6.77. The Hall–Kier alpha value is -1.16. The van der Waals surface area contributed by atoms with Crippen molar-refractivity contribution in [1.82, 2.24) is 10.2 Å². The first-order valence-corrected chi connectivity index (χ1v) is 5.01. The third-order valence-electron chi connectivity index (χ3n) is 2.16. The van der Waals surface area contributed by atoms with Crippen LogP contribution in [0.5, 0.6) is 0 Å². The van der Waals surface area contributed by atoms with Crippen molar-refractivity contribution in [3.63, 3.8) is 0 Å². The molecule has 78 valence electrons. The molecule has 1 heterocycles. The number of rotatable bonds is 5. The molecule has 1 rings (SSSR count). The lowest BCUT2D eigenvalue weighted by Crippen LogP contribution is -2.22. The second kappa shape index (κ2) is 5.54. The molecule has 14 heavy (non-hydrogen) atoms. The van der Waals surface area contributed by atoms with Crippen LogP contribution in [0.2, 0.25) is 0 Å². The predicted molar refractivity (Wildman–Crippen MR) is 58.4 cm³/mol. The number of aromatic nitrogens is 2. The van der Waals surface area contributed by atoms with Crippen molar-refractivity contribution < 1.29 is 0 Å². The van der Waals surface area contributed by atoms with E-state index >= 15 is 0 Å². The topological polar surface area (TPSA) is 55.0 Å². The maximum atomic E-state index is 5.44. The minimum Gasteiger partial charge on any atom is -0.358 e. The van der Waals surface area contributed by atoms with E-state index in [1.165, 1.54) is 0 Å². The van der Waals surface area contributed by atoms with Crippen LogP contribution in [0, 0.1) is 0 Å². The van der Waals surface area contributed by atoms with Crippen LogP contribution in [0.1, 0.15) is 19.0 Å². The smallest absolute Gasteiger partial charge is 0.150 e. The number of hydrogen-bond acceptors (Lipinski definition) is 4. The Labute approximate surface area is 85.1 Å². The van der Waals surface area contributed by atoms with E-state index in [0.29, 0.717) is 6.54 Å². The van der Waals surface area contributed by atoms with E-state index in [1.54, 1.807) is 0 Å². The third-order valence-corrected chi connectivity index (χ3v) is 2.16. The lowest BCUT2D eigenvalue weighted by Gasteiger charge is -2.16. The number of nitrogens with zero attached hydrogens (tertiary/aromatic N) is 3. The molecule has 0 aliphatic heterocycles. The molecule has 0 amide bonds. The first kappa shape index (κ1) is 10.9. The van der Waals surface area contributed by atoms with Crippen molar-refractivity contribution in [3.05, 3.63) is 17.8 Å². The summed E-state index contributed by atoms with van der Waals surface area (Å²) in [5, 5.41) is 8.24. The van der Waals surface area contributed by atoms with Gasteiger partial charge in [0.1, 0.15) is 0 Å². The molecule has 0 bridgehead atoms. The molecule has 0 aliphatic rings. The zero-order chi connectivity index (χ0) is 10.4. The lowest BCUT2D eigenvalue weighted by molar-refractivity contribution is 0.773. The molecule has 0 aromatic carbocycles. The summed E-state index contributed by atoms with van der Waals surface area (Å²) in [6.45, 7) is 3.71. The van der Waals surface area contributed by atoms with Crippen LogP contribution < -0.4 is 10.6 Å². The molecule has 4 nitrogen and oxygen atoms in total. The van der Waals surface area contributed by atoms with Gasteiger partial charge in [-0.2, -0.15) is 5.10 Å². The molecule has 4 heteroatoms. The Kier molecular flexibility index (Phi) is 4.32. The summed E-state index contributed by atoms with van der Waals surface area (Å²) in [6, 6.07) is 4.02. The molecule has 0 unspecified atom stereocenters. The number of aryl methyl sites for hydroxylation is 1. The van der Waals surface area contributed by atoms with Crippen molar-refractivity contribution in [2.45, 2.75) is 19.8 Å². The van der Waals surface area contributed by atoms with Crippen LogP contribution >= 0.6 is 0 Å². The molecule has 0 radical (unpaired) electrons. The molecule has 1 aromatic heterocycles. The van der Waals surface area contributed by atoms with Gasteiger partial charge in [0.05, 0.1) is 5.69 Å². The molecule has 0 fully saturated rings. The van der Waals surface area contributed by atoms with Gasteiger partial charge in [-0.05, 0) is 31.5 Å². The van der Waals surface area contributed by atoms with Crippen molar-refractivity contribution in [2.75, 3.05) is 25.0 Å². The van der Waals surface area contributed by atoms with Gasteiger partial charge < -0.3 is 10.6 Å². The largest absolute Gasteiger partial charge is 0.358 e. The summed E-state index contributed by atoms with van der Waals surface area (Å²) >= 11 is 0. The molecule has 0 aliphatic carbocycles. The maximum absolute atomic E-state index is 5.44. The highest BCUT2D eigenvalue weighted by Gasteiger charge is 2.01. The molecule has 2 N–H and O–H groups in total. The Bertz CT molecular complexity index is 257. The molecule has 0 spiro atoms. The summed E-state index contributed by atoms with van der Waals surface area (Å²) in [4.78, 5) is 2.07. The van der Waals surface area contributed by atoms with Crippen LogP contribution in [0.4, 0.5) is 5.82 Å². The van der Waals surface area contributed by atoms with Crippen molar-refractivity contribution in [1.29, 1.82) is 0 Å². The molecular formula is C10H18N4. The van der Waals surface area contributed by atoms with Gasteiger partial charge >= 0.3 is 0 Å². The highest BCUT2D eigenvalue weighted by atomic mass is 15.2. The van der Waals surface area contributed by atoms with Gasteiger partial charge in [-0.25, -0.2) is 0 Å². The van der Waals surface area contributed by atoms with Crippen LogP contribution in [-0.2, 0) is 6.42 Å². The second-order valence-corrected chi connectivity index (χ2v) is 3.30. The maximum Gasteiger partial charge on any atom is 0.150 e. The molecule has 0 saturated heterocycles. The Morgan fingerprint density at radius 3 is 2.64 bits per heavy atom. The minimum atomic E-state index is 0.713. The van der Waals surface area contributed by atoms with Gasteiger partial charge in [0.2, 0.25) is 0 Å². The predicted octanol–water partition coefficient (Wildman–Crippen LogP) is 0.824. The van der Waals surface area contributed by atoms with E-state index in [4.69, 9.17) is 5.73 Å². The summed E-state index contributed by atoms with van der Waals surface area (Å²) in [5.74, 6) is 0.913. The monoisotopic (exact) mass is 194 g/mol. The normalized spacial score (nSPS) is 10.2. The van der Waals surface area contributed by atoms with Crippen molar-refractivity contribution >= 4 is 5.82 Å². The van der Waals surface area contributed by atoms with Gasteiger partial charge in [0.25, 0.3) is 0 Å². The zero-order valence-electron chi connectivity index (χ0n) is 8.90. The summed E-state index contributed by atoms with van der Waals surface area (Å²) in [7, 11) is 2.01. The fourth-order valence-corrected chi connectivity index (χ4v) is 1.19. The molecular weight excluding hydrogens is 176 g/mol. The Morgan fingerprint density at radius 2 is 2.14 bits per heavy atom. The van der Waals surface area contributed by atoms with Gasteiger partial charge in [-0.3, -0.25) is 0 Å². The molecule has 0 atom stereocenters. The standard InChI is InChI=1S/C10H18N4/c1-3-9-5-6-10(13-12-9)14(2)8-4-7-11/h5-6H,3-4,7-8,11H2,1-2H3. The van der Waals surface area contributed by atoms with E-state index in [0.717, 1.165) is 30.9 Å². The summed E-state index contributed by atoms with van der Waals surface area (Å²) in [5.41, 5.74) is 6.47. The fourth-order valence-electron chi connectivity index (χ4n) is 1.19. The van der Waals surface area contributed by atoms with Crippen molar-refractivity contribution in [2.24, 2.45) is 5.73 Å². The average Bonchev–Trinajstić information content (AvgIpc) is 2.26. The third kappa shape index (κ3) is 2.96. The lowest BCUT2D eigenvalue weighted by atomic mass is 10.3. The highest BCUT2D eigenvalue weighted by molar-refractivity contribution is 5.35. The number of nitrogens with two attached hydrogens (primary N) is 1.